The van der Waals surface area contributed by atoms with Crippen molar-refractivity contribution in [2.45, 2.75) is 59.2 Å². The number of allylic oxidation sites excluding steroid dienone is 1. The quantitative estimate of drug-likeness (QED) is 0.405. The maximum absolute atomic E-state index is 10.4. The van der Waals surface area contributed by atoms with Crippen LogP contribution in [0.3, 0.4) is 0 Å². The molecule has 0 N–H and O–H groups in total. The first-order valence-corrected chi connectivity index (χ1v) is 9.26. The zero-order valence-electron chi connectivity index (χ0n) is 12.5. The topological polar surface area (TPSA) is 26.3 Å². The molecule has 0 aromatic carbocycles. The Morgan fingerprint density at radius 1 is 1.35 bits per heavy atom. The minimum Gasteiger partial charge on any atom is -0.416 e. The molecule has 0 saturated heterocycles. The lowest BCUT2D eigenvalue weighted by atomic mass is 10.1. The van der Waals surface area contributed by atoms with Gasteiger partial charge in [-0.05, 0) is 31.0 Å². The first-order chi connectivity index (χ1) is 7.60. The van der Waals surface area contributed by atoms with E-state index in [2.05, 4.69) is 46.9 Å². The van der Waals surface area contributed by atoms with Crippen molar-refractivity contribution < 1.29 is 9.22 Å². The fourth-order valence-electron chi connectivity index (χ4n) is 1.29. The Labute approximate surface area is 108 Å². The number of aldehydes is 1. The maximum Gasteiger partial charge on any atom is 0.192 e. The highest BCUT2D eigenvalue weighted by Gasteiger charge is 2.37. The molecular weight excluding hydrogens is 228 g/mol. The second-order valence-corrected chi connectivity index (χ2v) is 11.2. The van der Waals surface area contributed by atoms with Crippen LogP contribution >= 0.6 is 0 Å². The molecule has 0 rings (SSSR count). The monoisotopic (exact) mass is 256 g/mol. The van der Waals surface area contributed by atoms with E-state index in [1.165, 1.54) is 0 Å². The summed E-state index contributed by atoms with van der Waals surface area (Å²) in [6.45, 7) is 16.2. The van der Waals surface area contributed by atoms with Crippen LogP contribution in [0.5, 0.6) is 0 Å². The van der Waals surface area contributed by atoms with Gasteiger partial charge in [0.1, 0.15) is 6.29 Å². The van der Waals surface area contributed by atoms with Crippen LogP contribution in [-0.4, -0.2) is 21.2 Å². The average Bonchev–Trinajstić information content (AvgIpc) is 2.13. The van der Waals surface area contributed by atoms with Crippen molar-refractivity contribution in [3.05, 3.63) is 11.6 Å². The molecular formula is C14H28O2Si. The number of carbonyl (C=O) groups excluding carboxylic acids is 1. The zero-order chi connectivity index (χ0) is 13.7. The summed E-state index contributed by atoms with van der Waals surface area (Å²) < 4.78 is 6.14. The summed E-state index contributed by atoms with van der Waals surface area (Å²) in [5.41, 5.74) is 1.13. The molecule has 2 nitrogen and oxygen atoms in total. The molecule has 0 bridgehead atoms. The van der Waals surface area contributed by atoms with E-state index in [4.69, 9.17) is 4.43 Å². The summed E-state index contributed by atoms with van der Waals surface area (Å²) in [4.78, 5) is 10.4. The van der Waals surface area contributed by atoms with Gasteiger partial charge < -0.3 is 9.22 Å². The third kappa shape index (κ3) is 6.17. The minimum absolute atomic E-state index is 0.258. The van der Waals surface area contributed by atoms with Crippen molar-refractivity contribution in [1.82, 2.24) is 0 Å². The molecule has 0 fully saturated rings. The Hall–Kier alpha value is -0.413. The molecule has 0 heterocycles. The first kappa shape index (κ1) is 16.6. The third-order valence-corrected chi connectivity index (χ3v) is 7.99. The number of carbonyl (C=O) groups is 1. The number of hydrogen-bond acceptors (Lipinski definition) is 2. The Morgan fingerprint density at radius 2 is 1.88 bits per heavy atom. The highest BCUT2D eigenvalue weighted by molar-refractivity contribution is 6.74. The van der Waals surface area contributed by atoms with Gasteiger partial charge in [-0.15, -0.1) is 0 Å². The van der Waals surface area contributed by atoms with Crippen LogP contribution < -0.4 is 0 Å². The minimum atomic E-state index is -1.64. The highest BCUT2D eigenvalue weighted by atomic mass is 28.4. The van der Waals surface area contributed by atoms with Crippen LogP contribution in [0.15, 0.2) is 11.6 Å². The zero-order valence-corrected chi connectivity index (χ0v) is 13.5. The van der Waals surface area contributed by atoms with Crippen LogP contribution in [0.25, 0.3) is 0 Å². The number of rotatable bonds is 6. The lowest BCUT2D eigenvalue weighted by Crippen LogP contribution is -2.41. The van der Waals surface area contributed by atoms with Crippen molar-refractivity contribution in [2.24, 2.45) is 5.92 Å². The number of hydrogen-bond donors (Lipinski definition) is 0. The van der Waals surface area contributed by atoms with Crippen LogP contribution in [0.1, 0.15) is 41.0 Å². The van der Waals surface area contributed by atoms with E-state index in [0.717, 1.165) is 18.5 Å². The van der Waals surface area contributed by atoms with Gasteiger partial charge in [0.2, 0.25) is 0 Å². The molecule has 0 radical (unpaired) electrons. The predicted octanol–water partition coefficient (Wildman–Crippen LogP) is 4.18. The molecule has 1 atom stereocenters. The van der Waals surface area contributed by atoms with Gasteiger partial charge in [0.05, 0.1) is 0 Å². The lowest BCUT2D eigenvalue weighted by molar-refractivity contribution is -0.107. The molecule has 3 heteroatoms. The molecule has 0 aliphatic rings. The van der Waals surface area contributed by atoms with Gasteiger partial charge in [-0.1, -0.05) is 39.3 Å². The Bertz CT molecular complexity index is 274. The molecule has 0 aliphatic carbocycles. The van der Waals surface area contributed by atoms with E-state index in [1.807, 2.05) is 6.92 Å². The van der Waals surface area contributed by atoms with Crippen molar-refractivity contribution in [3.8, 4) is 0 Å². The SMILES string of the molecule is C/C(=C/[C@@H](C)CO[Si](C)(C)C(C)(C)C)CC=O. The van der Waals surface area contributed by atoms with E-state index < -0.39 is 8.32 Å². The molecule has 17 heavy (non-hydrogen) atoms. The van der Waals surface area contributed by atoms with Crippen LogP contribution in [0, 0.1) is 5.92 Å². The van der Waals surface area contributed by atoms with E-state index in [0.29, 0.717) is 12.3 Å². The van der Waals surface area contributed by atoms with Gasteiger partial charge in [-0.2, -0.15) is 0 Å². The molecule has 0 spiro atoms. The summed E-state index contributed by atoms with van der Waals surface area (Å²) in [6, 6.07) is 0. The second-order valence-electron chi connectivity index (χ2n) is 6.43. The van der Waals surface area contributed by atoms with Gasteiger partial charge in [0, 0.05) is 13.0 Å². The van der Waals surface area contributed by atoms with E-state index in [9.17, 15) is 4.79 Å². The largest absolute Gasteiger partial charge is 0.416 e. The molecule has 0 aliphatic heterocycles. The first-order valence-electron chi connectivity index (χ1n) is 6.35. The second kappa shape index (κ2) is 6.50. The fraction of sp³-hybridized carbons (Fsp3) is 0.786. The van der Waals surface area contributed by atoms with E-state index >= 15 is 0 Å². The predicted molar refractivity (Wildman–Crippen MR) is 76.8 cm³/mol. The third-order valence-electron chi connectivity index (χ3n) is 3.49. The maximum atomic E-state index is 10.4. The summed E-state index contributed by atoms with van der Waals surface area (Å²) in [5, 5.41) is 0.258. The van der Waals surface area contributed by atoms with E-state index in [-0.39, 0.29) is 5.04 Å². The molecule has 0 aromatic heterocycles. The van der Waals surface area contributed by atoms with Gasteiger partial charge in [-0.25, -0.2) is 0 Å². The van der Waals surface area contributed by atoms with Crippen molar-refractivity contribution in [2.75, 3.05) is 6.61 Å². The smallest absolute Gasteiger partial charge is 0.192 e. The molecule has 0 saturated carbocycles. The molecule has 100 valence electrons. The van der Waals surface area contributed by atoms with Crippen LogP contribution in [-0.2, 0) is 9.22 Å². The molecule has 0 amide bonds. The summed E-state index contributed by atoms with van der Waals surface area (Å²) in [6.07, 6.45) is 3.62. The Morgan fingerprint density at radius 3 is 2.29 bits per heavy atom. The average molecular weight is 256 g/mol. The Kier molecular flexibility index (Phi) is 6.34. The standard InChI is InChI=1S/C14H28O2Si/c1-12(8-9-15)10-13(2)11-16-17(6,7)14(3,4)5/h9-10,13H,8,11H2,1-7H3/b12-10-/t13-/m1/s1. The van der Waals surface area contributed by atoms with Gasteiger partial charge >= 0.3 is 0 Å². The van der Waals surface area contributed by atoms with Gasteiger partial charge in [0.15, 0.2) is 8.32 Å². The van der Waals surface area contributed by atoms with Crippen molar-refractivity contribution >= 4 is 14.6 Å². The van der Waals surface area contributed by atoms with E-state index in [1.54, 1.807) is 0 Å². The summed E-state index contributed by atoms with van der Waals surface area (Å²) in [7, 11) is -1.64. The normalized spacial score (nSPS) is 15.8. The lowest BCUT2D eigenvalue weighted by Gasteiger charge is -2.36. The summed E-state index contributed by atoms with van der Waals surface area (Å²) in [5.74, 6) is 0.379. The van der Waals surface area contributed by atoms with Crippen molar-refractivity contribution in [1.29, 1.82) is 0 Å². The Balaban J connectivity index is 4.30. The highest BCUT2D eigenvalue weighted by Crippen LogP contribution is 2.36. The summed E-state index contributed by atoms with van der Waals surface area (Å²) >= 11 is 0. The van der Waals surface area contributed by atoms with Crippen LogP contribution in [0.4, 0.5) is 0 Å². The van der Waals surface area contributed by atoms with Gasteiger partial charge in [0.25, 0.3) is 0 Å². The van der Waals surface area contributed by atoms with Crippen LogP contribution in [0.2, 0.25) is 18.1 Å². The molecule has 0 unspecified atom stereocenters. The fourth-order valence-corrected chi connectivity index (χ4v) is 2.40. The van der Waals surface area contributed by atoms with Crippen molar-refractivity contribution in [3.63, 3.8) is 0 Å². The molecule has 0 aromatic rings. The van der Waals surface area contributed by atoms with Gasteiger partial charge in [-0.3, -0.25) is 0 Å².